The van der Waals surface area contributed by atoms with Crippen molar-refractivity contribution in [1.82, 2.24) is 0 Å². The minimum atomic E-state index is 0.791. The SMILES string of the molecule is c1ccc(NCc2ccc(C(=C(c3ccccc3)c3ccccc3)c3ccccc3)cc2)cc1. The van der Waals surface area contributed by atoms with Crippen LogP contribution in [0.15, 0.2) is 146 Å². The molecular weight excluding hydrogens is 410 g/mol. The Kier molecular flexibility index (Phi) is 6.64. The maximum absolute atomic E-state index is 3.50. The van der Waals surface area contributed by atoms with Gasteiger partial charge in [0.15, 0.2) is 0 Å². The molecule has 1 N–H and O–H groups in total. The van der Waals surface area contributed by atoms with E-state index in [2.05, 4.69) is 145 Å². The number of para-hydroxylation sites is 1. The molecule has 34 heavy (non-hydrogen) atoms. The molecule has 5 aromatic carbocycles. The summed E-state index contributed by atoms with van der Waals surface area (Å²) in [6, 6.07) is 51.3. The third kappa shape index (κ3) is 5.00. The van der Waals surface area contributed by atoms with Crippen LogP contribution in [0.4, 0.5) is 5.69 Å². The molecule has 1 heteroatoms. The van der Waals surface area contributed by atoms with Gasteiger partial charge in [0.2, 0.25) is 0 Å². The Bertz CT molecular complexity index is 1300. The summed E-state index contributed by atoms with van der Waals surface area (Å²) in [5.41, 5.74) is 9.69. The largest absolute Gasteiger partial charge is 0.381 e. The van der Waals surface area contributed by atoms with E-state index in [9.17, 15) is 0 Å². The standard InChI is InChI=1S/C33H27N/c1-5-13-27(14-6-1)32(28-15-7-2-8-16-28)33(29-17-9-3-10-18-29)30-23-21-26(22-24-30)25-34-31-19-11-4-12-20-31/h1-24,34H,25H2. The van der Waals surface area contributed by atoms with E-state index >= 15 is 0 Å². The molecule has 0 aliphatic carbocycles. The van der Waals surface area contributed by atoms with Crippen LogP contribution in [0, 0.1) is 0 Å². The highest BCUT2D eigenvalue weighted by atomic mass is 14.9. The van der Waals surface area contributed by atoms with Crippen molar-refractivity contribution in [2.45, 2.75) is 6.54 Å². The van der Waals surface area contributed by atoms with Gasteiger partial charge in [-0.05, 0) is 51.1 Å². The van der Waals surface area contributed by atoms with Crippen molar-refractivity contribution in [2.75, 3.05) is 5.32 Å². The van der Waals surface area contributed by atoms with Crippen molar-refractivity contribution < 1.29 is 0 Å². The summed E-state index contributed by atoms with van der Waals surface area (Å²) in [4.78, 5) is 0. The van der Waals surface area contributed by atoms with Crippen molar-refractivity contribution in [3.63, 3.8) is 0 Å². The summed E-state index contributed by atoms with van der Waals surface area (Å²) >= 11 is 0. The second-order valence-corrected chi connectivity index (χ2v) is 8.26. The highest BCUT2D eigenvalue weighted by Gasteiger charge is 2.15. The molecule has 5 rings (SSSR count). The van der Waals surface area contributed by atoms with E-state index in [4.69, 9.17) is 0 Å². The van der Waals surface area contributed by atoms with E-state index in [0.717, 1.165) is 12.2 Å². The molecule has 0 atom stereocenters. The van der Waals surface area contributed by atoms with Gasteiger partial charge in [-0.25, -0.2) is 0 Å². The van der Waals surface area contributed by atoms with Crippen molar-refractivity contribution in [2.24, 2.45) is 0 Å². The van der Waals surface area contributed by atoms with Gasteiger partial charge < -0.3 is 5.32 Å². The summed E-state index contributed by atoms with van der Waals surface area (Å²) in [5, 5.41) is 3.50. The molecule has 0 unspecified atom stereocenters. The third-order valence-electron chi connectivity index (χ3n) is 5.95. The van der Waals surface area contributed by atoms with Gasteiger partial charge in [-0.15, -0.1) is 0 Å². The summed E-state index contributed by atoms with van der Waals surface area (Å²) in [5.74, 6) is 0. The molecule has 0 saturated carbocycles. The van der Waals surface area contributed by atoms with E-state index in [1.54, 1.807) is 0 Å². The van der Waals surface area contributed by atoms with Crippen LogP contribution < -0.4 is 5.32 Å². The first-order valence-corrected chi connectivity index (χ1v) is 11.7. The summed E-state index contributed by atoms with van der Waals surface area (Å²) in [6.07, 6.45) is 0. The van der Waals surface area contributed by atoms with Gasteiger partial charge >= 0.3 is 0 Å². The zero-order valence-corrected chi connectivity index (χ0v) is 19.1. The molecular formula is C33H27N. The molecule has 0 amide bonds. The zero-order chi connectivity index (χ0) is 23.0. The molecule has 164 valence electrons. The van der Waals surface area contributed by atoms with Crippen LogP contribution >= 0.6 is 0 Å². The number of anilines is 1. The van der Waals surface area contributed by atoms with Gasteiger partial charge in [-0.2, -0.15) is 0 Å². The quantitative estimate of drug-likeness (QED) is 0.252. The molecule has 5 aromatic rings. The van der Waals surface area contributed by atoms with Gasteiger partial charge in [0.25, 0.3) is 0 Å². The van der Waals surface area contributed by atoms with Crippen molar-refractivity contribution in [1.29, 1.82) is 0 Å². The number of hydrogen-bond donors (Lipinski definition) is 1. The lowest BCUT2D eigenvalue weighted by Gasteiger charge is -2.18. The van der Waals surface area contributed by atoms with Gasteiger partial charge in [-0.3, -0.25) is 0 Å². The Morgan fingerprint density at radius 3 is 1.15 bits per heavy atom. The second-order valence-electron chi connectivity index (χ2n) is 8.26. The normalized spacial score (nSPS) is 10.5. The minimum absolute atomic E-state index is 0.791. The highest BCUT2D eigenvalue weighted by molar-refractivity contribution is 6.04. The first-order valence-electron chi connectivity index (χ1n) is 11.7. The Labute approximate surface area is 202 Å². The van der Waals surface area contributed by atoms with Crippen LogP contribution in [0.2, 0.25) is 0 Å². The lowest BCUT2D eigenvalue weighted by molar-refractivity contribution is 1.15. The number of benzene rings is 5. The van der Waals surface area contributed by atoms with Crippen molar-refractivity contribution in [3.05, 3.63) is 173 Å². The van der Waals surface area contributed by atoms with Crippen molar-refractivity contribution in [3.8, 4) is 0 Å². The molecule has 0 aliphatic heterocycles. The molecule has 0 aliphatic rings. The Balaban J connectivity index is 1.60. The van der Waals surface area contributed by atoms with Crippen LogP contribution in [-0.2, 0) is 6.54 Å². The molecule has 0 radical (unpaired) electrons. The molecule has 0 bridgehead atoms. The highest BCUT2D eigenvalue weighted by Crippen LogP contribution is 2.36. The molecule has 0 saturated heterocycles. The molecule has 0 fully saturated rings. The first kappa shape index (κ1) is 21.5. The smallest absolute Gasteiger partial charge is 0.0400 e. The predicted molar refractivity (Wildman–Crippen MR) is 145 cm³/mol. The molecule has 1 nitrogen and oxygen atoms in total. The van der Waals surface area contributed by atoms with Crippen LogP contribution in [0.5, 0.6) is 0 Å². The van der Waals surface area contributed by atoms with E-state index in [0.29, 0.717) is 0 Å². The van der Waals surface area contributed by atoms with E-state index in [1.807, 2.05) is 6.07 Å². The Morgan fingerprint density at radius 2 is 0.735 bits per heavy atom. The molecule has 0 heterocycles. The van der Waals surface area contributed by atoms with Gasteiger partial charge in [0.1, 0.15) is 0 Å². The number of nitrogens with one attached hydrogen (secondary N) is 1. The number of rotatable bonds is 7. The van der Waals surface area contributed by atoms with Gasteiger partial charge in [0.05, 0.1) is 0 Å². The fourth-order valence-corrected chi connectivity index (χ4v) is 4.27. The minimum Gasteiger partial charge on any atom is -0.381 e. The lowest BCUT2D eigenvalue weighted by Crippen LogP contribution is -2.00. The van der Waals surface area contributed by atoms with Crippen LogP contribution in [-0.4, -0.2) is 0 Å². The second kappa shape index (κ2) is 10.5. The predicted octanol–water partition coefficient (Wildman–Crippen LogP) is 8.31. The molecule has 0 spiro atoms. The monoisotopic (exact) mass is 437 g/mol. The average molecular weight is 438 g/mol. The van der Waals surface area contributed by atoms with E-state index in [1.165, 1.54) is 39.0 Å². The lowest BCUT2D eigenvalue weighted by atomic mass is 9.85. The Morgan fingerprint density at radius 1 is 0.382 bits per heavy atom. The topological polar surface area (TPSA) is 12.0 Å². The van der Waals surface area contributed by atoms with Crippen LogP contribution in [0.3, 0.4) is 0 Å². The van der Waals surface area contributed by atoms with Gasteiger partial charge in [0, 0.05) is 12.2 Å². The number of hydrogen-bond acceptors (Lipinski definition) is 1. The van der Waals surface area contributed by atoms with E-state index in [-0.39, 0.29) is 0 Å². The summed E-state index contributed by atoms with van der Waals surface area (Å²) in [6.45, 7) is 0.791. The van der Waals surface area contributed by atoms with Crippen LogP contribution in [0.1, 0.15) is 27.8 Å². The van der Waals surface area contributed by atoms with Crippen LogP contribution in [0.25, 0.3) is 11.1 Å². The summed E-state index contributed by atoms with van der Waals surface area (Å²) < 4.78 is 0. The summed E-state index contributed by atoms with van der Waals surface area (Å²) in [7, 11) is 0. The fraction of sp³-hybridized carbons (Fsp3) is 0.0303. The zero-order valence-electron chi connectivity index (χ0n) is 19.1. The average Bonchev–Trinajstić information content (AvgIpc) is 2.93. The first-order chi connectivity index (χ1) is 16.9. The van der Waals surface area contributed by atoms with Crippen molar-refractivity contribution >= 4 is 16.8 Å². The Hall–Kier alpha value is -4.36. The maximum Gasteiger partial charge on any atom is 0.0400 e. The molecule has 0 aromatic heterocycles. The fourth-order valence-electron chi connectivity index (χ4n) is 4.27. The third-order valence-corrected chi connectivity index (χ3v) is 5.95. The van der Waals surface area contributed by atoms with Gasteiger partial charge in [-0.1, -0.05) is 133 Å². The van der Waals surface area contributed by atoms with E-state index < -0.39 is 0 Å². The maximum atomic E-state index is 3.50.